The summed E-state index contributed by atoms with van der Waals surface area (Å²) in [6.45, 7) is 6.30. The second-order valence-electron chi connectivity index (χ2n) is 5.27. The Kier molecular flexibility index (Phi) is 3.85. The predicted octanol–water partition coefficient (Wildman–Crippen LogP) is 2.94. The molecule has 1 aliphatic heterocycles. The first-order valence-corrected chi connectivity index (χ1v) is 6.74. The van der Waals surface area contributed by atoms with Crippen molar-refractivity contribution in [3.8, 4) is 0 Å². The number of benzene rings is 1. The summed E-state index contributed by atoms with van der Waals surface area (Å²) in [7, 11) is 0. The number of halogens is 1. The van der Waals surface area contributed by atoms with Crippen molar-refractivity contribution in [1.29, 1.82) is 0 Å². The summed E-state index contributed by atoms with van der Waals surface area (Å²) in [5, 5.41) is 0. The van der Waals surface area contributed by atoms with E-state index >= 15 is 0 Å². The molecule has 1 aromatic rings. The van der Waals surface area contributed by atoms with Crippen molar-refractivity contribution < 1.29 is 4.39 Å². The van der Waals surface area contributed by atoms with Gasteiger partial charge in [-0.05, 0) is 36.5 Å². The number of hydrogen-bond acceptors (Lipinski definition) is 2. The van der Waals surface area contributed by atoms with Crippen molar-refractivity contribution in [3.63, 3.8) is 0 Å². The molecule has 2 nitrogen and oxygen atoms in total. The van der Waals surface area contributed by atoms with Gasteiger partial charge in [0.25, 0.3) is 0 Å². The maximum Gasteiger partial charge on any atom is 0.147 e. The van der Waals surface area contributed by atoms with Crippen LogP contribution in [-0.2, 0) is 0 Å². The van der Waals surface area contributed by atoms with Gasteiger partial charge in [-0.25, -0.2) is 4.39 Å². The van der Waals surface area contributed by atoms with Crippen LogP contribution < -0.4 is 10.6 Å². The van der Waals surface area contributed by atoms with Crippen molar-refractivity contribution >= 4 is 22.9 Å². The van der Waals surface area contributed by atoms with Crippen molar-refractivity contribution in [3.05, 3.63) is 29.6 Å². The number of nitrogens with two attached hydrogens (primary N) is 1. The van der Waals surface area contributed by atoms with Crippen LogP contribution in [0.2, 0.25) is 0 Å². The van der Waals surface area contributed by atoms with Gasteiger partial charge in [-0.3, -0.25) is 0 Å². The second kappa shape index (κ2) is 5.22. The van der Waals surface area contributed by atoms with Gasteiger partial charge < -0.3 is 10.6 Å². The van der Waals surface area contributed by atoms with Gasteiger partial charge in [-0.1, -0.05) is 26.1 Å². The fourth-order valence-corrected chi connectivity index (χ4v) is 2.59. The predicted molar refractivity (Wildman–Crippen MR) is 77.4 cm³/mol. The molecule has 0 radical (unpaired) electrons. The molecule has 2 N–H and O–H groups in total. The third kappa shape index (κ3) is 2.64. The van der Waals surface area contributed by atoms with Crippen LogP contribution in [0.5, 0.6) is 0 Å². The van der Waals surface area contributed by atoms with Crippen molar-refractivity contribution in [2.45, 2.75) is 20.3 Å². The third-order valence-corrected chi connectivity index (χ3v) is 3.98. The molecule has 0 bridgehead atoms. The van der Waals surface area contributed by atoms with E-state index in [1.165, 1.54) is 6.07 Å². The molecule has 98 valence electrons. The molecule has 1 saturated heterocycles. The van der Waals surface area contributed by atoms with Crippen molar-refractivity contribution in [2.24, 2.45) is 17.6 Å². The number of thiocarbonyl (C=S) groups is 1. The normalized spacial score (nSPS) is 19.6. The van der Waals surface area contributed by atoms with E-state index in [9.17, 15) is 4.39 Å². The SMILES string of the molecule is CC(C)C1CCN(c2ccc(C(N)=S)cc2F)C1. The average molecular weight is 266 g/mol. The lowest BCUT2D eigenvalue weighted by molar-refractivity contribution is 0.422. The van der Waals surface area contributed by atoms with E-state index in [-0.39, 0.29) is 10.8 Å². The van der Waals surface area contributed by atoms with Gasteiger partial charge >= 0.3 is 0 Å². The molecule has 1 unspecified atom stereocenters. The number of rotatable bonds is 3. The van der Waals surface area contributed by atoms with Gasteiger partial charge in [0.1, 0.15) is 10.8 Å². The molecule has 1 aromatic carbocycles. The summed E-state index contributed by atoms with van der Waals surface area (Å²) < 4.78 is 14.0. The highest BCUT2D eigenvalue weighted by molar-refractivity contribution is 7.80. The fourth-order valence-electron chi connectivity index (χ4n) is 2.47. The Balaban J connectivity index is 2.18. The summed E-state index contributed by atoms with van der Waals surface area (Å²) in [4.78, 5) is 2.35. The van der Waals surface area contributed by atoms with Crippen LogP contribution in [0.3, 0.4) is 0 Å². The average Bonchev–Trinajstić information content (AvgIpc) is 2.78. The van der Waals surface area contributed by atoms with Gasteiger partial charge in [-0.15, -0.1) is 0 Å². The Morgan fingerprint density at radius 3 is 2.72 bits per heavy atom. The van der Waals surface area contributed by atoms with Gasteiger partial charge in [0.15, 0.2) is 0 Å². The van der Waals surface area contributed by atoms with E-state index in [0.29, 0.717) is 23.1 Å². The Labute approximate surface area is 113 Å². The van der Waals surface area contributed by atoms with E-state index in [4.69, 9.17) is 18.0 Å². The Bertz CT molecular complexity index is 459. The van der Waals surface area contributed by atoms with Crippen LogP contribution in [0.15, 0.2) is 18.2 Å². The topological polar surface area (TPSA) is 29.3 Å². The summed E-state index contributed by atoms with van der Waals surface area (Å²) in [5.41, 5.74) is 6.75. The molecule has 0 spiro atoms. The van der Waals surface area contributed by atoms with Gasteiger partial charge in [0, 0.05) is 18.7 Å². The maximum absolute atomic E-state index is 14.0. The van der Waals surface area contributed by atoms with Crippen molar-refractivity contribution in [1.82, 2.24) is 0 Å². The lowest BCUT2D eigenvalue weighted by Gasteiger charge is -2.21. The smallest absolute Gasteiger partial charge is 0.147 e. The molecule has 0 amide bonds. The number of nitrogens with zero attached hydrogens (tertiary/aromatic N) is 1. The van der Waals surface area contributed by atoms with Crippen LogP contribution in [0.25, 0.3) is 0 Å². The molecule has 0 saturated carbocycles. The van der Waals surface area contributed by atoms with Crippen molar-refractivity contribution in [2.75, 3.05) is 18.0 Å². The molecule has 1 fully saturated rings. The minimum Gasteiger partial charge on any atom is -0.389 e. The zero-order chi connectivity index (χ0) is 13.3. The molecular formula is C14H19FN2S. The van der Waals surface area contributed by atoms with E-state index in [2.05, 4.69) is 18.7 Å². The summed E-state index contributed by atoms with van der Waals surface area (Å²) in [6, 6.07) is 5.01. The summed E-state index contributed by atoms with van der Waals surface area (Å²) >= 11 is 4.85. The van der Waals surface area contributed by atoms with Crippen LogP contribution in [0.4, 0.5) is 10.1 Å². The highest BCUT2D eigenvalue weighted by Gasteiger charge is 2.26. The standard InChI is InChI=1S/C14H19FN2S/c1-9(2)11-5-6-17(8-11)13-4-3-10(14(16)18)7-12(13)15/h3-4,7,9,11H,5-6,8H2,1-2H3,(H2,16,18). The Hall–Kier alpha value is -1.16. The molecule has 4 heteroatoms. The molecule has 2 rings (SSSR count). The number of anilines is 1. The lowest BCUT2D eigenvalue weighted by Crippen LogP contribution is -2.22. The third-order valence-electron chi connectivity index (χ3n) is 3.74. The van der Waals surface area contributed by atoms with Gasteiger partial charge in [0.05, 0.1) is 5.69 Å². The van der Waals surface area contributed by atoms with E-state index in [1.807, 2.05) is 0 Å². The number of hydrogen-bond donors (Lipinski definition) is 1. The fraction of sp³-hybridized carbons (Fsp3) is 0.500. The molecule has 1 atom stereocenters. The van der Waals surface area contributed by atoms with E-state index in [1.54, 1.807) is 12.1 Å². The van der Waals surface area contributed by atoms with Crippen LogP contribution in [0.1, 0.15) is 25.8 Å². The molecule has 1 heterocycles. The summed E-state index contributed by atoms with van der Waals surface area (Å²) in [6.07, 6.45) is 1.13. The highest BCUT2D eigenvalue weighted by Crippen LogP contribution is 2.30. The maximum atomic E-state index is 14.0. The van der Waals surface area contributed by atoms with Crippen LogP contribution in [0, 0.1) is 17.7 Å². The van der Waals surface area contributed by atoms with Crippen LogP contribution in [-0.4, -0.2) is 18.1 Å². The lowest BCUT2D eigenvalue weighted by atomic mass is 9.95. The molecule has 0 aliphatic carbocycles. The second-order valence-corrected chi connectivity index (χ2v) is 5.71. The zero-order valence-electron chi connectivity index (χ0n) is 10.8. The minimum absolute atomic E-state index is 0.232. The molecule has 0 aromatic heterocycles. The quantitative estimate of drug-likeness (QED) is 0.853. The monoisotopic (exact) mass is 266 g/mol. The zero-order valence-corrected chi connectivity index (χ0v) is 11.6. The largest absolute Gasteiger partial charge is 0.389 e. The first-order chi connectivity index (χ1) is 8.49. The summed E-state index contributed by atoms with van der Waals surface area (Å²) in [5.74, 6) is 1.07. The first-order valence-electron chi connectivity index (χ1n) is 6.33. The van der Waals surface area contributed by atoms with Gasteiger partial charge in [-0.2, -0.15) is 0 Å². The Morgan fingerprint density at radius 1 is 1.50 bits per heavy atom. The highest BCUT2D eigenvalue weighted by atomic mass is 32.1. The van der Waals surface area contributed by atoms with E-state index < -0.39 is 0 Å². The van der Waals surface area contributed by atoms with Gasteiger partial charge in [0.2, 0.25) is 0 Å². The van der Waals surface area contributed by atoms with Crippen LogP contribution >= 0.6 is 12.2 Å². The minimum atomic E-state index is -0.232. The first kappa shape index (κ1) is 13.3. The van der Waals surface area contributed by atoms with E-state index in [0.717, 1.165) is 19.5 Å². The molecular weight excluding hydrogens is 247 g/mol. The molecule has 1 aliphatic rings. The Morgan fingerprint density at radius 2 is 2.22 bits per heavy atom. The molecule has 18 heavy (non-hydrogen) atoms.